The molecule has 1 saturated heterocycles. The SMILES string of the molecule is CCNC(=NCCc1ccccc1Cl)NC1CCN(C(=O)C2CCCC2)C1.I. The second-order valence-corrected chi connectivity index (χ2v) is 7.90. The number of carbonyl (C=O) groups excluding carboxylic acids is 1. The first kappa shape index (κ1) is 23.3. The van der Waals surface area contributed by atoms with E-state index in [0.29, 0.717) is 12.5 Å². The molecule has 1 unspecified atom stereocenters. The Morgan fingerprint density at radius 2 is 2.00 bits per heavy atom. The van der Waals surface area contributed by atoms with Gasteiger partial charge in [0.05, 0.1) is 0 Å². The van der Waals surface area contributed by atoms with Crippen molar-refractivity contribution in [3.05, 3.63) is 34.9 Å². The first-order valence-corrected chi connectivity index (χ1v) is 10.6. The zero-order valence-electron chi connectivity index (χ0n) is 16.6. The minimum Gasteiger partial charge on any atom is -0.357 e. The summed E-state index contributed by atoms with van der Waals surface area (Å²) in [5.41, 5.74) is 1.12. The Balaban J connectivity index is 0.00000280. The molecule has 7 heteroatoms. The van der Waals surface area contributed by atoms with E-state index in [1.807, 2.05) is 29.2 Å². The highest BCUT2D eigenvalue weighted by Gasteiger charge is 2.32. The van der Waals surface area contributed by atoms with Gasteiger partial charge in [0.15, 0.2) is 5.96 Å². The second kappa shape index (κ2) is 11.9. The van der Waals surface area contributed by atoms with Crippen LogP contribution < -0.4 is 10.6 Å². The molecule has 0 radical (unpaired) electrons. The van der Waals surface area contributed by atoms with Gasteiger partial charge in [-0.15, -0.1) is 24.0 Å². The van der Waals surface area contributed by atoms with Crippen molar-refractivity contribution in [3.63, 3.8) is 0 Å². The van der Waals surface area contributed by atoms with E-state index in [-0.39, 0.29) is 35.9 Å². The number of benzene rings is 1. The van der Waals surface area contributed by atoms with Crippen molar-refractivity contribution >= 4 is 47.4 Å². The molecule has 0 aromatic heterocycles. The summed E-state index contributed by atoms with van der Waals surface area (Å²) in [6.07, 6.45) is 6.34. The molecule has 28 heavy (non-hydrogen) atoms. The molecule has 2 fully saturated rings. The average Bonchev–Trinajstić information content (AvgIpc) is 3.35. The van der Waals surface area contributed by atoms with Gasteiger partial charge in [-0.3, -0.25) is 9.79 Å². The number of amides is 1. The molecular weight excluding hydrogens is 487 g/mol. The summed E-state index contributed by atoms with van der Waals surface area (Å²) in [4.78, 5) is 19.3. The molecule has 1 atom stereocenters. The number of rotatable bonds is 6. The van der Waals surface area contributed by atoms with Gasteiger partial charge >= 0.3 is 0 Å². The molecule has 1 amide bonds. The first-order valence-electron chi connectivity index (χ1n) is 10.2. The Bertz CT molecular complexity index is 664. The number of halogens is 2. The van der Waals surface area contributed by atoms with Gasteiger partial charge in [0, 0.05) is 43.2 Å². The van der Waals surface area contributed by atoms with Gasteiger partial charge in [0.2, 0.25) is 5.91 Å². The van der Waals surface area contributed by atoms with Crippen molar-refractivity contribution in [2.75, 3.05) is 26.2 Å². The minimum atomic E-state index is 0. The molecule has 3 rings (SSSR count). The summed E-state index contributed by atoms with van der Waals surface area (Å²) in [6, 6.07) is 8.18. The number of guanidine groups is 1. The van der Waals surface area contributed by atoms with Crippen LogP contribution in [0, 0.1) is 5.92 Å². The number of hydrogen-bond acceptors (Lipinski definition) is 2. The predicted octanol–water partition coefficient (Wildman–Crippen LogP) is 3.85. The van der Waals surface area contributed by atoms with Crippen LogP contribution in [0.4, 0.5) is 0 Å². The van der Waals surface area contributed by atoms with Gasteiger partial charge in [-0.2, -0.15) is 0 Å². The van der Waals surface area contributed by atoms with E-state index in [2.05, 4.69) is 17.6 Å². The Morgan fingerprint density at radius 3 is 2.71 bits per heavy atom. The molecule has 156 valence electrons. The van der Waals surface area contributed by atoms with E-state index in [0.717, 1.165) is 61.9 Å². The van der Waals surface area contributed by atoms with Crippen LogP contribution in [0.5, 0.6) is 0 Å². The molecule has 1 aliphatic heterocycles. The largest absolute Gasteiger partial charge is 0.357 e. The maximum Gasteiger partial charge on any atom is 0.225 e. The van der Waals surface area contributed by atoms with Crippen molar-refractivity contribution in [2.24, 2.45) is 10.9 Å². The summed E-state index contributed by atoms with van der Waals surface area (Å²) in [5.74, 6) is 1.45. The Hall–Kier alpha value is -1.02. The van der Waals surface area contributed by atoms with Crippen molar-refractivity contribution in [3.8, 4) is 0 Å². The van der Waals surface area contributed by atoms with Crippen LogP contribution in [-0.4, -0.2) is 49.0 Å². The Labute approximate surface area is 190 Å². The summed E-state index contributed by atoms with van der Waals surface area (Å²) >= 11 is 6.22. The van der Waals surface area contributed by atoms with Gasteiger partial charge in [-0.05, 0) is 44.2 Å². The number of carbonyl (C=O) groups is 1. The molecule has 0 spiro atoms. The normalized spacial score (nSPS) is 20.1. The van der Waals surface area contributed by atoms with Crippen molar-refractivity contribution in [1.29, 1.82) is 0 Å². The van der Waals surface area contributed by atoms with Gasteiger partial charge in [-0.1, -0.05) is 42.6 Å². The number of nitrogens with zero attached hydrogens (tertiary/aromatic N) is 2. The van der Waals surface area contributed by atoms with Crippen LogP contribution in [-0.2, 0) is 11.2 Å². The summed E-state index contributed by atoms with van der Waals surface area (Å²) in [5, 5.41) is 7.61. The van der Waals surface area contributed by atoms with E-state index in [9.17, 15) is 4.79 Å². The number of likely N-dealkylation sites (tertiary alicyclic amines) is 1. The third-order valence-corrected chi connectivity index (χ3v) is 5.87. The van der Waals surface area contributed by atoms with Crippen LogP contribution >= 0.6 is 35.6 Å². The van der Waals surface area contributed by atoms with Crippen molar-refractivity contribution in [2.45, 2.75) is 51.5 Å². The average molecular weight is 519 g/mol. The van der Waals surface area contributed by atoms with E-state index in [1.165, 1.54) is 12.8 Å². The molecule has 1 aliphatic carbocycles. The highest BCUT2D eigenvalue weighted by molar-refractivity contribution is 14.0. The monoisotopic (exact) mass is 518 g/mol. The molecule has 1 aromatic carbocycles. The third-order valence-electron chi connectivity index (χ3n) is 5.50. The Morgan fingerprint density at radius 1 is 1.25 bits per heavy atom. The van der Waals surface area contributed by atoms with Crippen molar-refractivity contribution in [1.82, 2.24) is 15.5 Å². The van der Waals surface area contributed by atoms with Crippen LogP contribution in [0.3, 0.4) is 0 Å². The molecule has 5 nitrogen and oxygen atoms in total. The highest BCUT2D eigenvalue weighted by Crippen LogP contribution is 2.27. The van der Waals surface area contributed by atoms with Gasteiger partial charge in [-0.25, -0.2) is 0 Å². The van der Waals surface area contributed by atoms with Crippen LogP contribution in [0.15, 0.2) is 29.3 Å². The maximum absolute atomic E-state index is 12.6. The molecular formula is C21H32ClIN4O. The lowest BCUT2D eigenvalue weighted by Gasteiger charge is -2.21. The second-order valence-electron chi connectivity index (χ2n) is 7.50. The van der Waals surface area contributed by atoms with Gasteiger partial charge in [0.25, 0.3) is 0 Å². The van der Waals surface area contributed by atoms with Crippen LogP contribution in [0.2, 0.25) is 5.02 Å². The standard InChI is InChI=1S/C21H31ClN4O.HI/c1-2-23-21(24-13-11-16-7-5-6-10-19(16)22)25-18-12-14-26(15-18)20(27)17-8-3-4-9-17;/h5-7,10,17-18H,2-4,8-9,11-15H2,1H3,(H2,23,24,25);1H. The zero-order chi connectivity index (χ0) is 19.1. The summed E-state index contributed by atoms with van der Waals surface area (Å²) in [7, 11) is 0. The number of aliphatic imine (C=N–C) groups is 1. The fraction of sp³-hybridized carbons (Fsp3) is 0.619. The van der Waals surface area contributed by atoms with E-state index < -0.39 is 0 Å². The quantitative estimate of drug-likeness (QED) is 0.342. The van der Waals surface area contributed by atoms with E-state index in [4.69, 9.17) is 16.6 Å². The van der Waals surface area contributed by atoms with E-state index in [1.54, 1.807) is 0 Å². The smallest absolute Gasteiger partial charge is 0.225 e. The van der Waals surface area contributed by atoms with Gasteiger partial charge < -0.3 is 15.5 Å². The van der Waals surface area contributed by atoms with Crippen molar-refractivity contribution < 1.29 is 4.79 Å². The van der Waals surface area contributed by atoms with Crippen LogP contribution in [0.1, 0.15) is 44.6 Å². The third kappa shape index (κ3) is 6.51. The molecule has 1 aromatic rings. The van der Waals surface area contributed by atoms with E-state index >= 15 is 0 Å². The molecule has 0 bridgehead atoms. The zero-order valence-corrected chi connectivity index (χ0v) is 19.7. The first-order chi connectivity index (χ1) is 13.2. The predicted molar refractivity (Wildman–Crippen MR) is 127 cm³/mol. The molecule has 2 N–H and O–H groups in total. The number of nitrogens with one attached hydrogen (secondary N) is 2. The topological polar surface area (TPSA) is 56.7 Å². The molecule has 1 heterocycles. The highest BCUT2D eigenvalue weighted by atomic mass is 127. The summed E-state index contributed by atoms with van der Waals surface area (Å²) in [6.45, 7) is 5.19. The fourth-order valence-electron chi connectivity index (χ4n) is 4.01. The lowest BCUT2D eigenvalue weighted by Crippen LogP contribution is -2.45. The lowest BCUT2D eigenvalue weighted by atomic mass is 10.1. The summed E-state index contributed by atoms with van der Waals surface area (Å²) < 4.78 is 0. The maximum atomic E-state index is 12.6. The molecule has 2 aliphatic rings. The fourth-order valence-corrected chi connectivity index (χ4v) is 4.24. The Kier molecular flexibility index (Phi) is 9.85. The van der Waals surface area contributed by atoms with Crippen LogP contribution in [0.25, 0.3) is 0 Å². The lowest BCUT2D eigenvalue weighted by molar-refractivity contribution is -0.134. The minimum absolute atomic E-state index is 0. The number of hydrogen-bond donors (Lipinski definition) is 2. The molecule has 1 saturated carbocycles. The van der Waals surface area contributed by atoms with Gasteiger partial charge in [0.1, 0.15) is 0 Å².